The molecule has 4 rings (SSSR count). The summed E-state index contributed by atoms with van der Waals surface area (Å²) in [6, 6.07) is 14.6. The van der Waals surface area contributed by atoms with Crippen LogP contribution >= 0.6 is 0 Å². The number of rotatable bonds is 5. The average Bonchev–Trinajstić information content (AvgIpc) is 3.36. The standard InChI is InChI=1S/C21H18N4O3/c1-14-7-8-25-13-17(24-19(25)10-14)15-4-2-5-16(11-15)23-20(26)12-22-21(27)18-6-3-9-28-18/h2-11,13H,12H2,1H3,(H,22,27)(H,23,26). The first-order valence-electron chi connectivity index (χ1n) is 8.76. The molecule has 1 aromatic carbocycles. The number of fused-ring (bicyclic) bond motifs is 1. The Bertz CT molecular complexity index is 1150. The van der Waals surface area contributed by atoms with E-state index < -0.39 is 5.91 Å². The summed E-state index contributed by atoms with van der Waals surface area (Å²) < 4.78 is 6.95. The molecule has 7 nitrogen and oxygen atoms in total. The summed E-state index contributed by atoms with van der Waals surface area (Å²) in [6.45, 7) is 1.87. The van der Waals surface area contributed by atoms with Gasteiger partial charge in [0.2, 0.25) is 5.91 Å². The predicted molar refractivity (Wildman–Crippen MR) is 105 cm³/mol. The molecule has 3 aromatic heterocycles. The number of pyridine rings is 1. The number of imidazole rings is 1. The van der Waals surface area contributed by atoms with Crippen molar-refractivity contribution in [3.63, 3.8) is 0 Å². The first-order chi connectivity index (χ1) is 13.6. The highest BCUT2D eigenvalue weighted by molar-refractivity contribution is 5.98. The second-order valence-electron chi connectivity index (χ2n) is 6.38. The van der Waals surface area contributed by atoms with Crippen LogP contribution in [0.15, 0.2) is 71.6 Å². The van der Waals surface area contributed by atoms with Crippen molar-refractivity contribution in [3.05, 3.63) is 78.5 Å². The number of hydrogen-bond acceptors (Lipinski definition) is 4. The zero-order chi connectivity index (χ0) is 19.5. The number of furan rings is 1. The first-order valence-corrected chi connectivity index (χ1v) is 8.76. The molecule has 2 amide bonds. The lowest BCUT2D eigenvalue weighted by molar-refractivity contribution is -0.115. The van der Waals surface area contributed by atoms with Gasteiger partial charge in [-0.25, -0.2) is 4.98 Å². The van der Waals surface area contributed by atoms with Crippen molar-refractivity contribution in [2.24, 2.45) is 0 Å². The number of aryl methyl sites for hydroxylation is 1. The van der Waals surface area contributed by atoms with Gasteiger partial charge in [0.25, 0.3) is 5.91 Å². The topological polar surface area (TPSA) is 88.6 Å². The fourth-order valence-corrected chi connectivity index (χ4v) is 2.84. The Kier molecular flexibility index (Phi) is 4.63. The Hall–Kier alpha value is -3.87. The van der Waals surface area contributed by atoms with E-state index in [0.29, 0.717) is 5.69 Å². The van der Waals surface area contributed by atoms with Gasteiger partial charge < -0.3 is 19.5 Å². The van der Waals surface area contributed by atoms with Crippen LogP contribution in [0, 0.1) is 6.92 Å². The molecule has 0 unspecified atom stereocenters. The van der Waals surface area contributed by atoms with E-state index in [9.17, 15) is 9.59 Å². The van der Waals surface area contributed by atoms with Gasteiger partial charge >= 0.3 is 0 Å². The van der Waals surface area contributed by atoms with E-state index >= 15 is 0 Å². The number of aromatic nitrogens is 2. The number of benzene rings is 1. The fraction of sp³-hybridized carbons (Fsp3) is 0.0952. The van der Waals surface area contributed by atoms with Gasteiger partial charge in [0.1, 0.15) is 5.65 Å². The monoisotopic (exact) mass is 374 g/mol. The molecule has 7 heteroatoms. The van der Waals surface area contributed by atoms with Crippen LogP contribution in [0.25, 0.3) is 16.9 Å². The van der Waals surface area contributed by atoms with Crippen molar-refractivity contribution >= 4 is 23.1 Å². The van der Waals surface area contributed by atoms with Gasteiger partial charge in [-0.2, -0.15) is 0 Å². The van der Waals surface area contributed by atoms with Gasteiger partial charge in [-0.3, -0.25) is 9.59 Å². The van der Waals surface area contributed by atoms with E-state index in [1.807, 2.05) is 54.0 Å². The van der Waals surface area contributed by atoms with Gasteiger partial charge in [-0.1, -0.05) is 12.1 Å². The molecule has 0 saturated carbocycles. The predicted octanol–water partition coefficient (Wildman–Crippen LogP) is 3.27. The van der Waals surface area contributed by atoms with E-state index in [1.54, 1.807) is 12.1 Å². The fourth-order valence-electron chi connectivity index (χ4n) is 2.84. The van der Waals surface area contributed by atoms with Crippen LogP contribution in [0.1, 0.15) is 16.1 Å². The minimum Gasteiger partial charge on any atom is -0.459 e. The zero-order valence-electron chi connectivity index (χ0n) is 15.2. The third-order valence-electron chi connectivity index (χ3n) is 4.21. The largest absolute Gasteiger partial charge is 0.459 e. The lowest BCUT2D eigenvalue weighted by atomic mass is 10.1. The number of hydrogen-bond donors (Lipinski definition) is 2. The SMILES string of the molecule is Cc1ccn2cc(-c3cccc(NC(=O)CNC(=O)c4ccco4)c3)nc2c1. The molecule has 4 aromatic rings. The maximum absolute atomic E-state index is 12.1. The van der Waals surface area contributed by atoms with Crippen LogP contribution in [0.3, 0.4) is 0 Å². The molecule has 28 heavy (non-hydrogen) atoms. The minimum atomic E-state index is -0.436. The Morgan fingerprint density at radius 1 is 1.14 bits per heavy atom. The van der Waals surface area contributed by atoms with Crippen molar-refractivity contribution in [3.8, 4) is 11.3 Å². The second-order valence-corrected chi connectivity index (χ2v) is 6.38. The normalized spacial score (nSPS) is 10.8. The van der Waals surface area contributed by atoms with E-state index in [0.717, 1.165) is 22.5 Å². The van der Waals surface area contributed by atoms with E-state index in [4.69, 9.17) is 4.42 Å². The summed E-state index contributed by atoms with van der Waals surface area (Å²) in [5.74, 6) is -0.603. The Balaban J connectivity index is 1.44. The zero-order valence-corrected chi connectivity index (χ0v) is 15.2. The van der Waals surface area contributed by atoms with Crippen molar-refractivity contribution in [1.29, 1.82) is 0 Å². The highest BCUT2D eigenvalue weighted by Gasteiger charge is 2.11. The molecule has 0 aliphatic carbocycles. The lowest BCUT2D eigenvalue weighted by Crippen LogP contribution is -2.32. The Morgan fingerprint density at radius 2 is 2.04 bits per heavy atom. The molecule has 0 spiro atoms. The molecule has 0 saturated heterocycles. The molecule has 0 bridgehead atoms. The summed E-state index contributed by atoms with van der Waals surface area (Å²) >= 11 is 0. The summed E-state index contributed by atoms with van der Waals surface area (Å²) in [4.78, 5) is 28.6. The summed E-state index contributed by atoms with van der Waals surface area (Å²) in [6.07, 6.45) is 5.31. The van der Waals surface area contributed by atoms with E-state index in [2.05, 4.69) is 15.6 Å². The number of nitrogens with zero attached hydrogens (tertiary/aromatic N) is 2. The molecular weight excluding hydrogens is 356 g/mol. The maximum Gasteiger partial charge on any atom is 0.287 e. The molecule has 0 atom stereocenters. The molecule has 140 valence electrons. The minimum absolute atomic E-state index is 0.155. The van der Waals surface area contributed by atoms with Crippen LogP contribution in [0.4, 0.5) is 5.69 Å². The smallest absolute Gasteiger partial charge is 0.287 e. The van der Waals surface area contributed by atoms with Crippen molar-refractivity contribution in [1.82, 2.24) is 14.7 Å². The molecule has 0 fully saturated rings. The van der Waals surface area contributed by atoms with Crippen LogP contribution in [0.2, 0.25) is 0 Å². The number of carbonyl (C=O) groups is 2. The first kappa shape index (κ1) is 17.5. The number of amides is 2. The third kappa shape index (κ3) is 3.78. The van der Waals surface area contributed by atoms with Gasteiger partial charge in [-0.05, 0) is 48.9 Å². The Morgan fingerprint density at radius 3 is 2.86 bits per heavy atom. The average molecular weight is 374 g/mol. The highest BCUT2D eigenvalue weighted by Crippen LogP contribution is 2.22. The van der Waals surface area contributed by atoms with E-state index in [1.165, 1.54) is 12.3 Å². The second kappa shape index (κ2) is 7.40. The molecule has 0 aliphatic heterocycles. The highest BCUT2D eigenvalue weighted by atomic mass is 16.3. The van der Waals surface area contributed by atoms with Crippen molar-refractivity contribution in [2.75, 3.05) is 11.9 Å². The van der Waals surface area contributed by atoms with Crippen molar-refractivity contribution < 1.29 is 14.0 Å². The quantitative estimate of drug-likeness (QED) is 0.561. The summed E-state index contributed by atoms with van der Waals surface area (Å²) in [5.41, 5.74) is 4.34. The van der Waals surface area contributed by atoms with Gasteiger partial charge in [0, 0.05) is 23.6 Å². The number of carbonyl (C=O) groups excluding carboxylic acids is 2. The van der Waals surface area contributed by atoms with Crippen LogP contribution < -0.4 is 10.6 Å². The van der Waals surface area contributed by atoms with Crippen LogP contribution in [-0.2, 0) is 4.79 Å². The maximum atomic E-state index is 12.1. The van der Waals surface area contributed by atoms with Gasteiger partial charge in [0.15, 0.2) is 5.76 Å². The van der Waals surface area contributed by atoms with Crippen LogP contribution in [-0.4, -0.2) is 27.7 Å². The lowest BCUT2D eigenvalue weighted by Gasteiger charge is -2.07. The molecular formula is C21H18N4O3. The molecule has 2 N–H and O–H groups in total. The third-order valence-corrected chi connectivity index (χ3v) is 4.21. The molecule has 0 radical (unpaired) electrons. The van der Waals surface area contributed by atoms with Crippen LogP contribution in [0.5, 0.6) is 0 Å². The van der Waals surface area contributed by atoms with Crippen molar-refractivity contribution in [2.45, 2.75) is 6.92 Å². The number of anilines is 1. The summed E-state index contributed by atoms with van der Waals surface area (Å²) in [7, 11) is 0. The Labute approximate surface area is 161 Å². The molecule has 0 aliphatic rings. The summed E-state index contributed by atoms with van der Waals surface area (Å²) in [5, 5.41) is 5.29. The molecule has 3 heterocycles. The number of nitrogens with one attached hydrogen (secondary N) is 2. The van der Waals surface area contributed by atoms with E-state index in [-0.39, 0.29) is 18.2 Å². The van der Waals surface area contributed by atoms with Gasteiger partial charge in [0.05, 0.1) is 18.5 Å². The van der Waals surface area contributed by atoms with Gasteiger partial charge in [-0.15, -0.1) is 0 Å².